The van der Waals surface area contributed by atoms with Crippen molar-refractivity contribution in [2.75, 3.05) is 30.2 Å². The summed E-state index contributed by atoms with van der Waals surface area (Å²) in [5, 5.41) is 20.9. The Hall–Kier alpha value is -7.14. The lowest BCUT2D eigenvalue weighted by molar-refractivity contribution is -0.116. The molecule has 0 aliphatic heterocycles. The van der Waals surface area contributed by atoms with E-state index in [9.17, 15) is 24.4 Å². The molecule has 1 aromatic heterocycles. The predicted molar refractivity (Wildman–Crippen MR) is 228 cm³/mol. The molecular formula is C45H37N5O6S2. The Labute approximate surface area is 343 Å². The largest absolute Gasteiger partial charge is 0.497 e. The van der Waals surface area contributed by atoms with E-state index in [1.807, 2.05) is 42.5 Å². The van der Waals surface area contributed by atoms with Crippen LogP contribution in [0.5, 0.6) is 11.5 Å². The van der Waals surface area contributed by atoms with E-state index in [1.165, 1.54) is 32.1 Å². The summed E-state index contributed by atoms with van der Waals surface area (Å²) < 4.78 is 10.9. The van der Waals surface area contributed by atoms with Crippen molar-refractivity contribution in [3.63, 3.8) is 0 Å². The van der Waals surface area contributed by atoms with E-state index < -0.39 is 23.0 Å². The number of ether oxygens (including phenoxy) is 2. The molecule has 0 bridgehead atoms. The summed E-state index contributed by atoms with van der Waals surface area (Å²) in [6.07, 6.45) is 1.52. The van der Waals surface area contributed by atoms with E-state index in [-0.39, 0.29) is 22.2 Å². The van der Waals surface area contributed by atoms with Crippen LogP contribution in [0.1, 0.15) is 47.5 Å². The van der Waals surface area contributed by atoms with Crippen molar-refractivity contribution in [1.82, 2.24) is 5.32 Å². The van der Waals surface area contributed by atoms with Gasteiger partial charge in [-0.25, -0.2) is 0 Å². The van der Waals surface area contributed by atoms with Crippen molar-refractivity contribution in [1.29, 1.82) is 5.26 Å². The van der Waals surface area contributed by atoms with Gasteiger partial charge in [-0.2, -0.15) is 5.26 Å². The molecule has 58 heavy (non-hydrogen) atoms. The number of carbonyl (C=O) groups is 4. The van der Waals surface area contributed by atoms with Crippen LogP contribution in [0.15, 0.2) is 144 Å². The van der Waals surface area contributed by atoms with Crippen LogP contribution in [0.25, 0.3) is 6.08 Å². The number of hydrogen-bond acceptors (Lipinski definition) is 9. The van der Waals surface area contributed by atoms with E-state index in [4.69, 9.17) is 9.47 Å². The Morgan fingerprint density at radius 1 is 0.741 bits per heavy atom. The minimum atomic E-state index is -0.800. The van der Waals surface area contributed by atoms with Crippen molar-refractivity contribution in [2.45, 2.75) is 17.1 Å². The number of para-hydroxylation sites is 1. The number of thiophene rings is 1. The number of nitrogens with zero attached hydrogens (tertiary/aromatic N) is 1. The number of carbonyl (C=O) groups excluding carboxylic acids is 4. The van der Waals surface area contributed by atoms with Crippen molar-refractivity contribution in [3.8, 4) is 17.6 Å². The van der Waals surface area contributed by atoms with Gasteiger partial charge in [-0.05, 0) is 78.7 Å². The predicted octanol–water partition coefficient (Wildman–Crippen LogP) is 9.08. The lowest BCUT2D eigenvalue weighted by Crippen LogP contribution is -2.30. The molecule has 290 valence electrons. The highest BCUT2D eigenvalue weighted by atomic mass is 32.2. The number of anilines is 3. The Morgan fingerprint density at radius 2 is 1.41 bits per heavy atom. The molecule has 13 heteroatoms. The molecule has 0 fully saturated rings. The van der Waals surface area contributed by atoms with E-state index in [0.717, 1.165) is 11.3 Å². The summed E-state index contributed by atoms with van der Waals surface area (Å²) in [4.78, 5) is 55.5. The number of amides is 4. The zero-order valence-electron chi connectivity index (χ0n) is 31.6. The number of nitrogens with one attached hydrogen (secondary N) is 4. The lowest BCUT2D eigenvalue weighted by atomic mass is 10.1. The van der Waals surface area contributed by atoms with Crippen LogP contribution in [0.4, 0.5) is 16.4 Å². The van der Waals surface area contributed by atoms with E-state index in [0.29, 0.717) is 54.9 Å². The maximum absolute atomic E-state index is 14.1. The maximum atomic E-state index is 14.1. The first-order valence-corrected chi connectivity index (χ1v) is 19.5. The van der Waals surface area contributed by atoms with Crippen LogP contribution in [0.2, 0.25) is 0 Å². The highest BCUT2D eigenvalue weighted by Gasteiger charge is 2.27. The van der Waals surface area contributed by atoms with Crippen LogP contribution in [0.3, 0.4) is 0 Å². The molecule has 1 unspecified atom stereocenters. The third-order valence-corrected chi connectivity index (χ3v) is 11.1. The zero-order chi connectivity index (χ0) is 41.0. The van der Waals surface area contributed by atoms with Gasteiger partial charge in [-0.3, -0.25) is 19.2 Å². The van der Waals surface area contributed by atoms with Gasteiger partial charge in [0.15, 0.2) is 0 Å². The van der Waals surface area contributed by atoms with E-state index >= 15 is 0 Å². The van der Waals surface area contributed by atoms with Gasteiger partial charge in [-0.15, -0.1) is 23.1 Å². The SMILES string of the molecule is COc1ccc(/C=C(/NC(=O)c2ccccc2)C(=O)Nc2cccc(SC(C(=O)Nc3sc(C(=O)Nc4ccccc4)c(C)c3C#N)c3ccccc3)c2)c(OC)c1. The van der Waals surface area contributed by atoms with Gasteiger partial charge >= 0.3 is 0 Å². The van der Waals surface area contributed by atoms with Gasteiger partial charge in [0.1, 0.15) is 33.5 Å². The minimum absolute atomic E-state index is 0.0479. The molecule has 11 nitrogen and oxygen atoms in total. The molecule has 0 aliphatic carbocycles. The summed E-state index contributed by atoms with van der Waals surface area (Å²) in [6.45, 7) is 1.68. The summed E-state index contributed by atoms with van der Waals surface area (Å²) in [6, 6.07) is 40.8. The number of methoxy groups -OCH3 is 2. The van der Waals surface area contributed by atoms with Crippen LogP contribution in [-0.2, 0) is 9.59 Å². The monoisotopic (exact) mass is 807 g/mol. The molecule has 1 atom stereocenters. The Kier molecular flexibility index (Phi) is 13.4. The molecular weight excluding hydrogens is 771 g/mol. The van der Waals surface area contributed by atoms with E-state index in [1.54, 1.807) is 97.9 Å². The van der Waals surface area contributed by atoms with Crippen molar-refractivity contribution < 1.29 is 28.7 Å². The fraction of sp³-hybridized carbons (Fsp3) is 0.0889. The van der Waals surface area contributed by atoms with Gasteiger partial charge < -0.3 is 30.7 Å². The highest BCUT2D eigenvalue weighted by Crippen LogP contribution is 2.39. The number of thioether (sulfide) groups is 1. The second-order valence-corrected chi connectivity index (χ2v) is 14.8. The molecule has 5 aromatic carbocycles. The summed E-state index contributed by atoms with van der Waals surface area (Å²) >= 11 is 2.27. The smallest absolute Gasteiger partial charge is 0.272 e. The fourth-order valence-corrected chi connectivity index (χ4v) is 7.90. The molecule has 0 saturated carbocycles. The third kappa shape index (κ3) is 9.99. The minimum Gasteiger partial charge on any atom is -0.497 e. The van der Waals surface area contributed by atoms with Crippen LogP contribution in [-0.4, -0.2) is 37.8 Å². The molecule has 4 amide bonds. The van der Waals surface area contributed by atoms with Gasteiger partial charge in [0.25, 0.3) is 17.7 Å². The Bertz CT molecular complexity index is 2520. The van der Waals surface area contributed by atoms with Gasteiger partial charge in [0.05, 0.1) is 24.7 Å². The number of benzene rings is 5. The van der Waals surface area contributed by atoms with Gasteiger partial charge in [-0.1, -0.05) is 72.8 Å². The van der Waals surface area contributed by atoms with Gasteiger partial charge in [0.2, 0.25) is 5.91 Å². The normalized spacial score (nSPS) is 11.4. The third-order valence-electron chi connectivity index (χ3n) is 8.69. The number of hydrogen-bond donors (Lipinski definition) is 4. The number of rotatable bonds is 14. The first kappa shape index (κ1) is 40.5. The Balaban J connectivity index is 1.25. The van der Waals surface area contributed by atoms with E-state index in [2.05, 4.69) is 27.3 Å². The highest BCUT2D eigenvalue weighted by molar-refractivity contribution is 8.00. The first-order valence-electron chi connectivity index (χ1n) is 17.8. The second kappa shape index (κ2) is 19.1. The fourth-order valence-electron chi connectivity index (χ4n) is 5.76. The molecule has 0 radical (unpaired) electrons. The first-order chi connectivity index (χ1) is 28.2. The second-order valence-electron chi connectivity index (χ2n) is 12.6. The average molecular weight is 808 g/mol. The summed E-state index contributed by atoms with van der Waals surface area (Å²) in [7, 11) is 3.03. The number of nitriles is 1. The quantitative estimate of drug-likeness (QED) is 0.0627. The van der Waals surface area contributed by atoms with Crippen molar-refractivity contribution >= 4 is 69.2 Å². The van der Waals surface area contributed by atoms with Crippen LogP contribution in [0, 0.1) is 18.3 Å². The van der Waals surface area contributed by atoms with Crippen molar-refractivity contribution in [3.05, 3.63) is 172 Å². The zero-order valence-corrected chi connectivity index (χ0v) is 33.2. The molecule has 0 saturated heterocycles. The summed E-state index contributed by atoms with van der Waals surface area (Å²) in [5.41, 5.74) is 3.19. The molecule has 4 N–H and O–H groups in total. The van der Waals surface area contributed by atoms with Crippen molar-refractivity contribution in [2.24, 2.45) is 0 Å². The molecule has 6 rings (SSSR count). The average Bonchev–Trinajstić information content (AvgIpc) is 3.57. The Morgan fingerprint density at radius 3 is 2.09 bits per heavy atom. The van der Waals surface area contributed by atoms with Crippen LogP contribution >= 0.6 is 23.1 Å². The molecule has 0 aliphatic rings. The lowest BCUT2D eigenvalue weighted by Gasteiger charge is -2.18. The van der Waals surface area contributed by atoms with Gasteiger partial charge in [0, 0.05) is 33.5 Å². The standard InChI is InChI=1S/C45H37N5O6S2/c1-28-36(27-46)45(58-39(28)43(53)47-32-18-11-6-12-19-32)50-44(54)40(29-14-7-4-8-15-29)57-35-21-13-20-33(25-35)48-42(52)37(49-41(51)30-16-9-5-10-17-30)24-31-22-23-34(55-2)26-38(31)56-3/h4-26,40H,1-3H3,(H,47,53)(H,48,52)(H,49,51)(H,50,54)/b37-24+. The summed E-state index contributed by atoms with van der Waals surface area (Å²) in [5.74, 6) is -0.920. The maximum Gasteiger partial charge on any atom is 0.272 e. The van der Waals surface area contributed by atoms with Crippen LogP contribution < -0.4 is 30.7 Å². The topological polar surface area (TPSA) is 159 Å². The molecule has 1 heterocycles. The molecule has 0 spiro atoms. The molecule has 6 aromatic rings.